The highest BCUT2D eigenvalue weighted by Crippen LogP contribution is 2.26. The molecule has 142 valence electrons. The summed E-state index contributed by atoms with van der Waals surface area (Å²) in [5.41, 5.74) is 6.73. The van der Waals surface area contributed by atoms with Gasteiger partial charge in [0, 0.05) is 23.6 Å². The van der Waals surface area contributed by atoms with E-state index >= 15 is 0 Å². The SMILES string of the molecule is CC(NC(N)=NCCN(C)S(=O)(=O)c1cccs1)c1ccc(Cl)cc1Cl. The average molecular weight is 435 g/mol. The third kappa shape index (κ3) is 5.34. The molecule has 1 aromatic heterocycles. The predicted octanol–water partition coefficient (Wildman–Crippen LogP) is 3.34. The normalized spacial score (nSPS) is 13.8. The third-order valence-corrected chi connectivity index (χ3v) is 7.44. The number of rotatable bonds is 7. The first-order valence-corrected chi connectivity index (χ1v) is 10.8. The molecule has 0 aliphatic rings. The maximum absolute atomic E-state index is 12.3. The first-order valence-electron chi connectivity index (χ1n) is 7.73. The van der Waals surface area contributed by atoms with Crippen LogP contribution in [0.2, 0.25) is 10.0 Å². The molecule has 1 aromatic carbocycles. The Balaban J connectivity index is 1.92. The van der Waals surface area contributed by atoms with Crippen LogP contribution in [-0.2, 0) is 10.0 Å². The van der Waals surface area contributed by atoms with E-state index < -0.39 is 10.0 Å². The van der Waals surface area contributed by atoms with Crippen LogP contribution >= 0.6 is 34.5 Å². The number of sulfonamides is 1. The minimum Gasteiger partial charge on any atom is -0.370 e. The lowest BCUT2D eigenvalue weighted by molar-refractivity contribution is 0.478. The summed E-state index contributed by atoms with van der Waals surface area (Å²) >= 11 is 13.3. The molecule has 0 saturated carbocycles. The summed E-state index contributed by atoms with van der Waals surface area (Å²) in [5.74, 6) is 0.213. The molecule has 0 amide bonds. The van der Waals surface area contributed by atoms with Crippen molar-refractivity contribution in [3.05, 3.63) is 51.3 Å². The number of guanidine groups is 1. The van der Waals surface area contributed by atoms with Crippen molar-refractivity contribution >= 4 is 50.5 Å². The predicted molar refractivity (Wildman–Crippen MR) is 109 cm³/mol. The molecule has 2 rings (SSSR count). The van der Waals surface area contributed by atoms with E-state index in [1.807, 2.05) is 13.0 Å². The number of benzene rings is 1. The number of nitrogens with zero attached hydrogens (tertiary/aromatic N) is 2. The molecule has 3 N–H and O–H groups in total. The zero-order chi connectivity index (χ0) is 19.3. The Hall–Kier alpha value is -1.32. The van der Waals surface area contributed by atoms with Crippen molar-refractivity contribution < 1.29 is 8.42 Å². The van der Waals surface area contributed by atoms with Gasteiger partial charge in [-0.15, -0.1) is 11.3 Å². The van der Waals surface area contributed by atoms with E-state index in [0.717, 1.165) is 5.56 Å². The number of halogens is 2. The summed E-state index contributed by atoms with van der Waals surface area (Å²) in [6.45, 7) is 2.35. The molecule has 6 nitrogen and oxygen atoms in total. The summed E-state index contributed by atoms with van der Waals surface area (Å²) < 4.78 is 26.2. The number of likely N-dealkylation sites (N-methyl/N-ethyl adjacent to an activating group) is 1. The Morgan fingerprint density at radius 3 is 2.73 bits per heavy atom. The topological polar surface area (TPSA) is 87.8 Å². The summed E-state index contributed by atoms with van der Waals surface area (Å²) in [6.07, 6.45) is 0. The van der Waals surface area contributed by atoms with Crippen LogP contribution in [0.15, 0.2) is 44.9 Å². The van der Waals surface area contributed by atoms with E-state index in [0.29, 0.717) is 14.3 Å². The number of hydrogen-bond acceptors (Lipinski definition) is 4. The largest absolute Gasteiger partial charge is 0.370 e. The number of aliphatic imine (C=N–C) groups is 1. The molecule has 1 unspecified atom stereocenters. The van der Waals surface area contributed by atoms with Crippen LogP contribution < -0.4 is 11.1 Å². The molecule has 0 aliphatic heterocycles. The van der Waals surface area contributed by atoms with Crippen molar-refractivity contribution in [1.82, 2.24) is 9.62 Å². The third-order valence-electron chi connectivity index (χ3n) is 3.65. The van der Waals surface area contributed by atoms with Crippen LogP contribution in [0.4, 0.5) is 0 Å². The Kier molecular flexibility index (Phi) is 7.31. The molecule has 0 fully saturated rings. The Labute approximate surface area is 167 Å². The lowest BCUT2D eigenvalue weighted by atomic mass is 10.1. The lowest BCUT2D eigenvalue weighted by Gasteiger charge is -2.17. The molecule has 0 saturated heterocycles. The van der Waals surface area contributed by atoms with Gasteiger partial charge >= 0.3 is 0 Å². The summed E-state index contributed by atoms with van der Waals surface area (Å²) in [5, 5.41) is 5.85. The van der Waals surface area contributed by atoms with E-state index in [-0.39, 0.29) is 25.1 Å². The molecule has 1 heterocycles. The van der Waals surface area contributed by atoms with Gasteiger partial charge in [0.1, 0.15) is 4.21 Å². The summed E-state index contributed by atoms with van der Waals surface area (Å²) in [4.78, 5) is 4.18. The first kappa shape index (κ1) is 21.0. The van der Waals surface area contributed by atoms with E-state index in [1.165, 1.54) is 22.7 Å². The molecule has 0 bridgehead atoms. The number of hydrogen-bond donors (Lipinski definition) is 2. The van der Waals surface area contributed by atoms with Crippen LogP contribution in [0.25, 0.3) is 0 Å². The van der Waals surface area contributed by atoms with Crippen molar-refractivity contribution in [2.75, 3.05) is 20.1 Å². The van der Waals surface area contributed by atoms with Gasteiger partial charge in [0.25, 0.3) is 10.0 Å². The molecule has 10 heteroatoms. The average Bonchev–Trinajstić information content (AvgIpc) is 3.09. The molecule has 0 radical (unpaired) electrons. The van der Waals surface area contributed by atoms with E-state index in [4.69, 9.17) is 28.9 Å². The minimum absolute atomic E-state index is 0.170. The summed E-state index contributed by atoms with van der Waals surface area (Å²) in [7, 11) is -1.96. The van der Waals surface area contributed by atoms with Gasteiger partial charge in [-0.25, -0.2) is 8.42 Å². The Morgan fingerprint density at radius 1 is 1.38 bits per heavy atom. The molecule has 26 heavy (non-hydrogen) atoms. The number of thiophene rings is 1. The van der Waals surface area contributed by atoms with E-state index in [2.05, 4.69) is 10.3 Å². The fourth-order valence-electron chi connectivity index (χ4n) is 2.19. The van der Waals surface area contributed by atoms with Crippen molar-refractivity contribution in [1.29, 1.82) is 0 Å². The second-order valence-corrected chi connectivity index (χ2v) is 9.62. The van der Waals surface area contributed by atoms with Gasteiger partial charge in [0.15, 0.2) is 5.96 Å². The molecular formula is C16H20Cl2N4O2S2. The van der Waals surface area contributed by atoms with Gasteiger partial charge in [-0.2, -0.15) is 4.31 Å². The van der Waals surface area contributed by atoms with Gasteiger partial charge in [-0.05, 0) is 36.1 Å². The van der Waals surface area contributed by atoms with Crippen LogP contribution in [0.3, 0.4) is 0 Å². The van der Waals surface area contributed by atoms with Crippen LogP contribution in [0.5, 0.6) is 0 Å². The van der Waals surface area contributed by atoms with Gasteiger partial charge in [0.05, 0.1) is 12.6 Å². The monoisotopic (exact) mass is 434 g/mol. The van der Waals surface area contributed by atoms with Crippen molar-refractivity contribution in [2.24, 2.45) is 10.7 Å². The minimum atomic E-state index is -3.48. The Bertz CT molecular complexity index is 870. The quantitative estimate of drug-likeness (QED) is 0.516. The molecular weight excluding hydrogens is 415 g/mol. The Morgan fingerprint density at radius 2 is 2.12 bits per heavy atom. The second kappa shape index (κ2) is 9.05. The summed E-state index contributed by atoms with van der Waals surface area (Å²) in [6, 6.07) is 8.34. The van der Waals surface area contributed by atoms with Crippen molar-refractivity contribution in [2.45, 2.75) is 17.2 Å². The molecule has 1 atom stereocenters. The van der Waals surface area contributed by atoms with Crippen LogP contribution in [0.1, 0.15) is 18.5 Å². The maximum atomic E-state index is 12.3. The highest BCUT2D eigenvalue weighted by molar-refractivity contribution is 7.91. The maximum Gasteiger partial charge on any atom is 0.252 e. The van der Waals surface area contributed by atoms with E-state index in [1.54, 1.807) is 29.6 Å². The fourth-order valence-corrected chi connectivity index (χ4v) is 5.13. The highest BCUT2D eigenvalue weighted by atomic mass is 35.5. The number of nitrogens with one attached hydrogen (secondary N) is 1. The van der Waals surface area contributed by atoms with Crippen LogP contribution in [-0.4, -0.2) is 38.8 Å². The zero-order valence-corrected chi connectivity index (χ0v) is 17.5. The highest BCUT2D eigenvalue weighted by Gasteiger charge is 2.21. The van der Waals surface area contributed by atoms with Crippen LogP contribution in [0, 0.1) is 0 Å². The van der Waals surface area contributed by atoms with Gasteiger partial charge in [0.2, 0.25) is 0 Å². The molecule has 0 aliphatic carbocycles. The lowest BCUT2D eigenvalue weighted by Crippen LogP contribution is -2.35. The smallest absolute Gasteiger partial charge is 0.252 e. The standard InChI is InChI=1S/C16H20Cl2N4O2S2/c1-11(13-6-5-12(17)10-14(13)18)21-16(19)20-7-8-22(2)26(23,24)15-4-3-9-25-15/h3-6,9-11H,7-8H2,1-2H3,(H3,19,20,21). The van der Waals surface area contributed by atoms with E-state index in [9.17, 15) is 8.42 Å². The zero-order valence-electron chi connectivity index (χ0n) is 14.3. The molecule has 0 spiro atoms. The van der Waals surface area contributed by atoms with Crippen molar-refractivity contribution in [3.63, 3.8) is 0 Å². The second-order valence-electron chi connectivity index (χ2n) is 5.56. The van der Waals surface area contributed by atoms with Gasteiger partial charge < -0.3 is 11.1 Å². The van der Waals surface area contributed by atoms with Crippen molar-refractivity contribution in [3.8, 4) is 0 Å². The number of nitrogens with two attached hydrogens (primary N) is 1. The fraction of sp³-hybridized carbons (Fsp3) is 0.312. The van der Waals surface area contributed by atoms with Gasteiger partial charge in [-0.3, -0.25) is 4.99 Å². The molecule has 2 aromatic rings. The first-order chi connectivity index (χ1) is 12.2. The van der Waals surface area contributed by atoms with Gasteiger partial charge in [-0.1, -0.05) is 35.3 Å².